The van der Waals surface area contributed by atoms with Crippen LogP contribution in [0.3, 0.4) is 0 Å². The molecule has 0 atom stereocenters. The molecule has 1 heterocycles. The highest BCUT2D eigenvalue weighted by Crippen LogP contribution is 1.97. The van der Waals surface area contributed by atoms with Gasteiger partial charge in [0, 0.05) is 12.6 Å². The van der Waals surface area contributed by atoms with E-state index in [1.165, 1.54) is 6.07 Å². The quantitative estimate of drug-likeness (QED) is 0.607. The topological polar surface area (TPSA) is 88.0 Å². The Morgan fingerprint density at radius 3 is 2.71 bits per heavy atom. The first kappa shape index (κ1) is 13.4. The van der Waals surface area contributed by atoms with E-state index in [4.69, 9.17) is 5.73 Å². The molecule has 0 aromatic carbocycles. The highest BCUT2D eigenvalue weighted by molar-refractivity contribution is 5.92. The van der Waals surface area contributed by atoms with E-state index in [9.17, 15) is 9.59 Å². The third kappa shape index (κ3) is 5.31. The number of H-pyrrole nitrogens is 1. The Morgan fingerprint density at radius 1 is 1.24 bits per heavy atom. The maximum atomic E-state index is 11.6. The van der Waals surface area contributed by atoms with Crippen molar-refractivity contribution in [3.63, 3.8) is 0 Å². The highest BCUT2D eigenvalue weighted by atomic mass is 16.2. The van der Waals surface area contributed by atoms with E-state index < -0.39 is 0 Å². The van der Waals surface area contributed by atoms with E-state index >= 15 is 0 Å². The Bertz CT molecular complexity index is 401. The van der Waals surface area contributed by atoms with Gasteiger partial charge in [0.25, 0.3) is 5.91 Å². The number of nitrogens with two attached hydrogens (primary N) is 1. The summed E-state index contributed by atoms with van der Waals surface area (Å²) in [5.41, 5.74) is 5.42. The van der Waals surface area contributed by atoms with E-state index in [0.717, 1.165) is 32.2 Å². The Kier molecular flexibility index (Phi) is 6.03. The summed E-state index contributed by atoms with van der Waals surface area (Å²) in [6.07, 6.45) is 4.11. The van der Waals surface area contributed by atoms with Crippen molar-refractivity contribution in [2.24, 2.45) is 5.73 Å². The van der Waals surface area contributed by atoms with Crippen LogP contribution in [-0.4, -0.2) is 24.0 Å². The minimum atomic E-state index is -0.263. The maximum absolute atomic E-state index is 11.6. The molecule has 94 valence electrons. The lowest BCUT2D eigenvalue weighted by Gasteiger charge is -2.04. The molecule has 4 N–H and O–H groups in total. The average molecular weight is 237 g/mol. The molecule has 0 saturated heterocycles. The normalized spacial score (nSPS) is 10.2. The molecule has 0 aliphatic heterocycles. The molecule has 0 fully saturated rings. The summed E-state index contributed by atoms with van der Waals surface area (Å²) in [7, 11) is 0. The van der Waals surface area contributed by atoms with E-state index in [2.05, 4.69) is 10.3 Å². The van der Waals surface area contributed by atoms with Crippen LogP contribution >= 0.6 is 0 Å². The number of pyridine rings is 1. The summed E-state index contributed by atoms with van der Waals surface area (Å²) >= 11 is 0. The summed E-state index contributed by atoms with van der Waals surface area (Å²) in [6.45, 7) is 1.35. The molecule has 17 heavy (non-hydrogen) atoms. The van der Waals surface area contributed by atoms with Crippen LogP contribution in [0.2, 0.25) is 0 Å². The maximum Gasteiger partial charge on any atom is 0.267 e. The van der Waals surface area contributed by atoms with Gasteiger partial charge in [0.1, 0.15) is 5.69 Å². The van der Waals surface area contributed by atoms with Crippen LogP contribution in [0.5, 0.6) is 0 Å². The summed E-state index contributed by atoms with van der Waals surface area (Å²) in [5.74, 6) is -0.235. The van der Waals surface area contributed by atoms with Crippen LogP contribution in [-0.2, 0) is 0 Å². The molecule has 0 spiro atoms. The SMILES string of the molecule is NCCCCCCNC(=O)c1cccc(=O)[nH]1. The van der Waals surface area contributed by atoms with E-state index in [0.29, 0.717) is 12.2 Å². The second-order valence-corrected chi connectivity index (χ2v) is 3.89. The zero-order chi connectivity index (χ0) is 12.5. The number of carbonyl (C=O) groups excluding carboxylic acids is 1. The van der Waals surface area contributed by atoms with Crippen LogP contribution < -0.4 is 16.6 Å². The van der Waals surface area contributed by atoms with Crippen molar-refractivity contribution in [1.82, 2.24) is 10.3 Å². The fourth-order valence-corrected chi connectivity index (χ4v) is 1.50. The second-order valence-electron chi connectivity index (χ2n) is 3.89. The number of hydrogen-bond acceptors (Lipinski definition) is 3. The molecule has 0 aliphatic carbocycles. The number of nitrogens with one attached hydrogen (secondary N) is 2. The lowest BCUT2D eigenvalue weighted by atomic mass is 10.2. The van der Waals surface area contributed by atoms with E-state index in [-0.39, 0.29) is 11.5 Å². The summed E-state index contributed by atoms with van der Waals surface area (Å²) < 4.78 is 0. The number of carbonyl (C=O) groups is 1. The number of unbranched alkanes of at least 4 members (excludes halogenated alkanes) is 3. The average Bonchev–Trinajstić information content (AvgIpc) is 2.33. The molecule has 1 aromatic rings. The van der Waals surface area contributed by atoms with Crippen LogP contribution in [0, 0.1) is 0 Å². The molecule has 1 rings (SSSR count). The van der Waals surface area contributed by atoms with Gasteiger partial charge in [0.05, 0.1) is 0 Å². The molecule has 0 unspecified atom stereocenters. The number of aromatic nitrogens is 1. The molecule has 0 radical (unpaired) electrons. The first-order valence-corrected chi connectivity index (χ1v) is 5.91. The fourth-order valence-electron chi connectivity index (χ4n) is 1.50. The van der Waals surface area contributed by atoms with Crippen molar-refractivity contribution in [3.05, 3.63) is 34.2 Å². The smallest absolute Gasteiger partial charge is 0.267 e. The van der Waals surface area contributed by atoms with Crippen molar-refractivity contribution in [2.45, 2.75) is 25.7 Å². The molecule has 0 aliphatic rings. The summed E-state index contributed by atoms with van der Waals surface area (Å²) in [5, 5.41) is 2.76. The number of hydrogen-bond donors (Lipinski definition) is 3. The van der Waals surface area contributed by atoms with Crippen LogP contribution in [0.25, 0.3) is 0 Å². The van der Waals surface area contributed by atoms with Crippen molar-refractivity contribution in [1.29, 1.82) is 0 Å². The van der Waals surface area contributed by atoms with Crippen molar-refractivity contribution >= 4 is 5.91 Å². The van der Waals surface area contributed by atoms with Gasteiger partial charge >= 0.3 is 0 Å². The summed E-state index contributed by atoms with van der Waals surface area (Å²) in [4.78, 5) is 25.1. The second kappa shape index (κ2) is 7.62. The largest absolute Gasteiger partial charge is 0.351 e. The fraction of sp³-hybridized carbons (Fsp3) is 0.500. The molecular formula is C12H19N3O2. The summed E-state index contributed by atoms with van der Waals surface area (Å²) in [6, 6.07) is 4.53. The van der Waals surface area contributed by atoms with Crippen molar-refractivity contribution in [2.75, 3.05) is 13.1 Å². The lowest BCUT2D eigenvalue weighted by Crippen LogP contribution is -2.27. The van der Waals surface area contributed by atoms with Crippen LogP contribution in [0.15, 0.2) is 23.0 Å². The van der Waals surface area contributed by atoms with Crippen LogP contribution in [0.4, 0.5) is 0 Å². The highest BCUT2D eigenvalue weighted by Gasteiger charge is 2.04. The zero-order valence-corrected chi connectivity index (χ0v) is 9.87. The Balaban J connectivity index is 2.24. The van der Waals surface area contributed by atoms with E-state index in [1.54, 1.807) is 12.1 Å². The minimum absolute atomic E-state index is 0.235. The van der Waals surface area contributed by atoms with Gasteiger partial charge in [-0.05, 0) is 25.5 Å². The Hall–Kier alpha value is -1.62. The van der Waals surface area contributed by atoms with Crippen molar-refractivity contribution < 1.29 is 4.79 Å². The van der Waals surface area contributed by atoms with Gasteiger partial charge in [-0.2, -0.15) is 0 Å². The molecule has 5 nitrogen and oxygen atoms in total. The van der Waals surface area contributed by atoms with Gasteiger partial charge in [-0.25, -0.2) is 0 Å². The molecular weight excluding hydrogens is 218 g/mol. The van der Waals surface area contributed by atoms with Gasteiger partial charge in [0.15, 0.2) is 0 Å². The first-order chi connectivity index (χ1) is 8.24. The lowest BCUT2D eigenvalue weighted by molar-refractivity contribution is 0.0947. The third-order valence-corrected chi connectivity index (χ3v) is 2.43. The van der Waals surface area contributed by atoms with E-state index in [1.807, 2.05) is 0 Å². The Morgan fingerprint density at radius 2 is 2.00 bits per heavy atom. The van der Waals surface area contributed by atoms with Crippen molar-refractivity contribution in [3.8, 4) is 0 Å². The van der Waals surface area contributed by atoms with Gasteiger partial charge in [-0.15, -0.1) is 0 Å². The van der Waals surface area contributed by atoms with Gasteiger partial charge < -0.3 is 16.0 Å². The Labute approximate surface area is 100 Å². The predicted molar refractivity (Wildman–Crippen MR) is 66.9 cm³/mol. The van der Waals surface area contributed by atoms with Gasteiger partial charge in [-0.1, -0.05) is 18.9 Å². The molecule has 1 amide bonds. The number of rotatable bonds is 7. The monoisotopic (exact) mass is 237 g/mol. The zero-order valence-electron chi connectivity index (χ0n) is 9.87. The number of aromatic amines is 1. The first-order valence-electron chi connectivity index (χ1n) is 5.91. The number of amides is 1. The van der Waals surface area contributed by atoms with Gasteiger partial charge in [-0.3, -0.25) is 9.59 Å². The molecule has 5 heteroatoms. The minimum Gasteiger partial charge on any atom is -0.351 e. The predicted octanol–water partition coefficient (Wildman–Crippen LogP) is 0.624. The standard InChI is InChI=1S/C12H19N3O2/c13-8-3-1-2-4-9-14-12(17)10-6-5-7-11(16)15-10/h5-7H,1-4,8-9,13H2,(H,14,17)(H,15,16). The van der Waals surface area contributed by atoms with Gasteiger partial charge in [0.2, 0.25) is 5.56 Å². The molecule has 1 aromatic heterocycles. The molecule has 0 saturated carbocycles. The van der Waals surface area contributed by atoms with Crippen LogP contribution in [0.1, 0.15) is 36.2 Å². The third-order valence-electron chi connectivity index (χ3n) is 2.43. The molecule has 0 bridgehead atoms.